The van der Waals surface area contributed by atoms with Gasteiger partial charge in [0.15, 0.2) is 0 Å². The average Bonchev–Trinajstić information content (AvgIpc) is 2.87. The molecule has 9 nitrogen and oxygen atoms in total. The lowest BCUT2D eigenvalue weighted by Gasteiger charge is -2.25. The molecule has 1 rings (SSSR count). The molecule has 0 unspecified atom stereocenters. The van der Waals surface area contributed by atoms with Crippen LogP contribution in [-0.4, -0.2) is 55.0 Å². The summed E-state index contributed by atoms with van der Waals surface area (Å²) in [7, 11) is 0. The predicted molar refractivity (Wildman–Crippen MR) is 152 cm³/mol. The fourth-order valence-corrected chi connectivity index (χ4v) is 4.15. The number of rotatable bonds is 15. The highest BCUT2D eigenvalue weighted by molar-refractivity contribution is 5.93. The molecule has 216 valence electrons. The number of hydrogen-bond acceptors (Lipinski definition) is 4. The van der Waals surface area contributed by atoms with Crippen LogP contribution < -0.4 is 26.6 Å². The Balaban J connectivity index is 2.48. The van der Waals surface area contributed by atoms with E-state index in [0.717, 1.165) is 12.8 Å². The van der Waals surface area contributed by atoms with Crippen molar-refractivity contribution in [1.29, 1.82) is 0 Å². The van der Waals surface area contributed by atoms with Crippen LogP contribution in [0, 0.1) is 5.92 Å². The van der Waals surface area contributed by atoms with Gasteiger partial charge in [-0.2, -0.15) is 0 Å². The number of amides is 5. The summed E-state index contributed by atoms with van der Waals surface area (Å²) in [5, 5.41) is 13.9. The molecule has 0 fully saturated rings. The zero-order valence-electron chi connectivity index (χ0n) is 23.9. The summed E-state index contributed by atoms with van der Waals surface area (Å²) >= 11 is 0. The maximum absolute atomic E-state index is 13.1. The largest absolute Gasteiger partial charge is 0.352 e. The molecule has 0 spiro atoms. The second-order valence-corrected chi connectivity index (χ2v) is 10.5. The van der Waals surface area contributed by atoms with Gasteiger partial charge in [0.1, 0.15) is 12.1 Å². The van der Waals surface area contributed by atoms with Crippen LogP contribution in [0.5, 0.6) is 0 Å². The Morgan fingerprint density at radius 1 is 0.974 bits per heavy atom. The molecule has 1 aliphatic rings. The van der Waals surface area contributed by atoms with Gasteiger partial charge < -0.3 is 26.6 Å². The van der Waals surface area contributed by atoms with Crippen molar-refractivity contribution in [3.8, 4) is 0 Å². The van der Waals surface area contributed by atoms with Crippen LogP contribution in [0.3, 0.4) is 0 Å². The summed E-state index contributed by atoms with van der Waals surface area (Å²) in [6.07, 6.45) is 19.1. The molecule has 0 aromatic carbocycles. The lowest BCUT2D eigenvalue weighted by Crippen LogP contribution is -2.56. The molecule has 0 radical (unpaired) electrons. The van der Waals surface area contributed by atoms with E-state index in [1.807, 2.05) is 13.8 Å². The molecular weight excluding hydrogens is 482 g/mol. The van der Waals surface area contributed by atoms with Gasteiger partial charge in [0.05, 0.1) is 0 Å². The Hall–Kier alpha value is -2.84. The van der Waals surface area contributed by atoms with E-state index in [9.17, 15) is 19.2 Å². The summed E-state index contributed by atoms with van der Waals surface area (Å²) in [6.45, 7) is 8.65. The highest BCUT2D eigenvalue weighted by Crippen LogP contribution is 2.10. The van der Waals surface area contributed by atoms with Crippen molar-refractivity contribution in [1.82, 2.24) is 26.6 Å². The second kappa shape index (κ2) is 20.2. The Morgan fingerprint density at radius 2 is 1.61 bits per heavy atom. The van der Waals surface area contributed by atoms with E-state index < -0.39 is 24.0 Å². The van der Waals surface area contributed by atoms with Crippen molar-refractivity contribution in [2.24, 2.45) is 5.92 Å². The van der Waals surface area contributed by atoms with Crippen LogP contribution >= 0.6 is 0 Å². The fraction of sp³-hybridized carbons (Fsp3) is 0.724. The predicted octanol–water partition coefficient (Wildman–Crippen LogP) is 3.85. The lowest BCUT2D eigenvalue weighted by molar-refractivity contribution is -0.129. The van der Waals surface area contributed by atoms with Crippen LogP contribution in [0.15, 0.2) is 24.3 Å². The zero-order valence-corrected chi connectivity index (χ0v) is 23.9. The van der Waals surface area contributed by atoms with Crippen molar-refractivity contribution < 1.29 is 19.2 Å². The molecule has 5 amide bonds. The summed E-state index contributed by atoms with van der Waals surface area (Å²) in [4.78, 5) is 50.0. The van der Waals surface area contributed by atoms with Gasteiger partial charge in [-0.1, -0.05) is 96.8 Å². The van der Waals surface area contributed by atoms with Gasteiger partial charge in [-0.05, 0) is 25.7 Å². The molecular formula is C29H51N5O4. The lowest BCUT2D eigenvalue weighted by atomic mass is 10.0. The molecule has 0 aromatic rings. The van der Waals surface area contributed by atoms with Crippen molar-refractivity contribution in [2.75, 3.05) is 13.1 Å². The smallest absolute Gasteiger partial charge is 0.315 e. The molecule has 0 saturated heterocycles. The second-order valence-electron chi connectivity index (χ2n) is 10.5. The fourth-order valence-electron chi connectivity index (χ4n) is 4.15. The maximum atomic E-state index is 13.1. The van der Waals surface area contributed by atoms with E-state index in [0.29, 0.717) is 19.5 Å². The van der Waals surface area contributed by atoms with Crippen LogP contribution in [-0.2, 0) is 14.4 Å². The van der Waals surface area contributed by atoms with E-state index in [-0.39, 0.29) is 23.8 Å². The summed E-state index contributed by atoms with van der Waals surface area (Å²) in [6, 6.07) is -2.47. The Kier molecular flexibility index (Phi) is 17.6. The first-order chi connectivity index (χ1) is 18.2. The first kappa shape index (κ1) is 33.2. The van der Waals surface area contributed by atoms with Crippen LogP contribution in [0.2, 0.25) is 0 Å². The molecule has 0 bridgehead atoms. The molecule has 1 aliphatic heterocycles. The van der Waals surface area contributed by atoms with Crippen LogP contribution in [0.25, 0.3) is 0 Å². The van der Waals surface area contributed by atoms with Gasteiger partial charge in [0, 0.05) is 25.2 Å². The third kappa shape index (κ3) is 15.4. The summed E-state index contributed by atoms with van der Waals surface area (Å²) < 4.78 is 0. The quantitative estimate of drug-likeness (QED) is 0.162. The van der Waals surface area contributed by atoms with Crippen molar-refractivity contribution in [3.63, 3.8) is 0 Å². The Bertz CT molecular complexity index is 781. The molecule has 0 aliphatic carbocycles. The van der Waals surface area contributed by atoms with Gasteiger partial charge in [-0.15, -0.1) is 0 Å². The minimum atomic E-state index is -0.897. The number of unbranched alkanes of at least 4 members (excludes halogenated alkanes) is 9. The third-order valence-corrected chi connectivity index (χ3v) is 6.48. The SMILES string of the molecule is CCCCCCCCCCCCNC(=O)N[C@H](C(=O)N[C@H]1/C=C/CCNC(=O)/C=C/[C@H](C)NC1=O)C(C)C. The van der Waals surface area contributed by atoms with Gasteiger partial charge in [0.25, 0.3) is 0 Å². The monoisotopic (exact) mass is 533 g/mol. The Labute approximate surface area is 229 Å². The number of hydrogen-bond donors (Lipinski definition) is 5. The van der Waals surface area contributed by atoms with Crippen molar-refractivity contribution in [3.05, 3.63) is 24.3 Å². The van der Waals surface area contributed by atoms with Crippen molar-refractivity contribution >= 4 is 23.8 Å². The first-order valence-corrected chi connectivity index (χ1v) is 14.5. The van der Waals surface area contributed by atoms with Crippen molar-refractivity contribution in [2.45, 2.75) is 116 Å². The molecule has 5 N–H and O–H groups in total. The van der Waals surface area contributed by atoms with E-state index in [4.69, 9.17) is 0 Å². The summed E-state index contributed by atoms with van der Waals surface area (Å²) in [5.74, 6) is -1.21. The molecule has 1 heterocycles. The third-order valence-electron chi connectivity index (χ3n) is 6.48. The average molecular weight is 534 g/mol. The number of carbonyl (C=O) groups is 4. The normalized spacial score (nSPS) is 20.8. The first-order valence-electron chi connectivity index (χ1n) is 14.5. The highest BCUT2D eigenvalue weighted by Gasteiger charge is 2.28. The van der Waals surface area contributed by atoms with Crippen LogP contribution in [0.4, 0.5) is 4.79 Å². The molecule has 0 aromatic heterocycles. The van der Waals surface area contributed by atoms with Gasteiger partial charge in [-0.25, -0.2) is 4.79 Å². The molecule has 0 saturated carbocycles. The topological polar surface area (TPSA) is 128 Å². The minimum Gasteiger partial charge on any atom is -0.352 e. The van der Waals surface area contributed by atoms with E-state index in [1.54, 1.807) is 25.2 Å². The molecule has 3 atom stereocenters. The van der Waals surface area contributed by atoms with E-state index >= 15 is 0 Å². The minimum absolute atomic E-state index is 0.173. The van der Waals surface area contributed by atoms with Crippen LogP contribution in [0.1, 0.15) is 98.3 Å². The number of urea groups is 1. The van der Waals surface area contributed by atoms with E-state index in [2.05, 4.69) is 33.5 Å². The standard InChI is InChI=1S/C29H51N5O4/c1-5-6-7-8-9-10-11-12-13-15-21-31-29(38)34-26(22(2)3)28(37)33-24-17-14-16-20-30-25(35)19-18-23(4)32-27(24)36/h14,17-19,22-24,26H,5-13,15-16,20-21H2,1-4H3,(H,30,35)(H,32,36)(H,33,37)(H2,31,34,38)/b17-14+,19-18+/t23-,24-,26-/m0/s1. The summed E-state index contributed by atoms with van der Waals surface area (Å²) in [5.41, 5.74) is 0. The number of nitrogens with one attached hydrogen (secondary N) is 5. The number of carbonyl (C=O) groups excluding carboxylic acids is 4. The van der Waals surface area contributed by atoms with Gasteiger partial charge in [-0.3, -0.25) is 14.4 Å². The maximum Gasteiger partial charge on any atom is 0.315 e. The van der Waals surface area contributed by atoms with E-state index in [1.165, 1.54) is 57.4 Å². The zero-order chi connectivity index (χ0) is 28.2. The Morgan fingerprint density at radius 3 is 2.24 bits per heavy atom. The van der Waals surface area contributed by atoms with Gasteiger partial charge >= 0.3 is 6.03 Å². The highest BCUT2D eigenvalue weighted by atomic mass is 16.2. The van der Waals surface area contributed by atoms with Gasteiger partial charge in [0.2, 0.25) is 17.7 Å². The molecule has 9 heteroatoms. The molecule has 38 heavy (non-hydrogen) atoms.